The first kappa shape index (κ1) is 13.3. The van der Waals surface area contributed by atoms with E-state index in [4.69, 9.17) is 10.00 Å². The van der Waals surface area contributed by atoms with E-state index in [0.29, 0.717) is 18.3 Å². The van der Waals surface area contributed by atoms with E-state index in [1.165, 1.54) is 12.1 Å². The van der Waals surface area contributed by atoms with Crippen LogP contribution in [0.4, 0.5) is 11.4 Å². The quantitative estimate of drug-likeness (QED) is 0.649. The van der Waals surface area contributed by atoms with E-state index in [0.717, 1.165) is 25.9 Å². The summed E-state index contributed by atoms with van der Waals surface area (Å²) in [7, 11) is 0. The van der Waals surface area contributed by atoms with Crippen molar-refractivity contribution in [3.05, 3.63) is 33.9 Å². The van der Waals surface area contributed by atoms with E-state index in [2.05, 4.69) is 5.32 Å². The van der Waals surface area contributed by atoms with E-state index in [1.807, 2.05) is 6.07 Å². The molecule has 1 atom stereocenters. The zero-order valence-corrected chi connectivity index (χ0v) is 10.5. The Morgan fingerprint density at radius 2 is 2.42 bits per heavy atom. The van der Waals surface area contributed by atoms with Crippen LogP contribution in [0.25, 0.3) is 0 Å². The molecule has 19 heavy (non-hydrogen) atoms. The Labute approximate surface area is 111 Å². The summed E-state index contributed by atoms with van der Waals surface area (Å²) in [5.74, 6) is 0. The van der Waals surface area contributed by atoms with E-state index < -0.39 is 4.92 Å². The van der Waals surface area contributed by atoms with Crippen molar-refractivity contribution < 1.29 is 9.66 Å². The van der Waals surface area contributed by atoms with Gasteiger partial charge in [-0.05, 0) is 31.4 Å². The highest BCUT2D eigenvalue weighted by Gasteiger charge is 2.16. The molecule has 0 bridgehead atoms. The van der Waals surface area contributed by atoms with Gasteiger partial charge in [0.25, 0.3) is 5.69 Å². The summed E-state index contributed by atoms with van der Waals surface area (Å²) in [4.78, 5) is 10.3. The standard InChI is InChI=1S/C13H15N3O3/c14-9-10-3-4-11(8-13(10)16(17)18)15-6-5-12-2-1-7-19-12/h3-4,8,12,15H,1-2,5-7H2. The van der Waals surface area contributed by atoms with Crippen LogP contribution in [0.3, 0.4) is 0 Å². The maximum atomic E-state index is 10.8. The van der Waals surface area contributed by atoms with Crippen LogP contribution in [-0.2, 0) is 4.74 Å². The van der Waals surface area contributed by atoms with Crippen molar-refractivity contribution in [2.45, 2.75) is 25.4 Å². The third-order valence-electron chi connectivity index (χ3n) is 3.13. The number of nitro groups is 1. The summed E-state index contributed by atoms with van der Waals surface area (Å²) in [6, 6.07) is 6.36. The van der Waals surface area contributed by atoms with Crippen LogP contribution in [0.5, 0.6) is 0 Å². The van der Waals surface area contributed by atoms with Gasteiger partial charge < -0.3 is 10.1 Å². The van der Waals surface area contributed by atoms with Gasteiger partial charge in [-0.3, -0.25) is 10.1 Å². The molecule has 6 nitrogen and oxygen atoms in total. The first-order chi connectivity index (χ1) is 9.20. The number of hydrogen-bond acceptors (Lipinski definition) is 5. The van der Waals surface area contributed by atoms with Gasteiger partial charge in [-0.2, -0.15) is 5.26 Å². The Morgan fingerprint density at radius 3 is 3.05 bits per heavy atom. The third-order valence-corrected chi connectivity index (χ3v) is 3.13. The lowest BCUT2D eigenvalue weighted by Gasteiger charge is -2.11. The second kappa shape index (κ2) is 6.16. The van der Waals surface area contributed by atoms with Gasteiger partial charge in [0, 0.05) is 24.9 Å². The zero-order chi connectivity index (χ0) is 13.7. The average Bonchev–Trinajstić information content (AvgIpc) is 2.91. The Morgan fingerprint density at radius 1 is 1.58 bits per heavy atom. The molecule has 1 aromatic carbocycles. The Kier molecular flexibility index (Phi) is 4.31. The summed E-state index contributed by atoms with van der Waals surface area (Å²) >= 11 is 0. The minimum absolute atomic E-state index is 0.0784. The Balaban J connectivity index is 1.95. The second-order valence-electron chi connectivity index (χ2n) is 4.45. The molecule has 6 heteroatoms. The molecule has 0 spiro atoms. The van der Waals surface area contributed by atoms with Gasteiger partial charge in [-0.1, -0.05) is 0 Å². The first-order valence-corrected chi connectivity index (χ1v) is 6.24. The molecule has 0 radical (unpaired) electrons. The Bertz CT molecular complexity index is 504. The highest BCUT2D eigenvalue weighted by molar-refractivity contribution is 5.59. The fourth-order valence-electron chi connectivity index (χ4n) is 2.14. The van der Waals surface area contributed by atoms with Gasteiger partial charge in [0.05, 0.1) is 11.0 Å². The normalized spacial score (nSPS) is 17.9. The monoisotopic (exact) mass is 261 g/mol. The van der Waals surface area contributed by atoms with Gasteiger partial charge in [0.2, 0.25) is 0 Å². The molecule has 2 rings (SSSR count). The first-order valence-electron chi connectivity index (χ1n) is 6.24. The molecule has 1 unspecified atom stereocenters. The lowest BCUT2D eigenvalue weighted by Crippen LogP contribution is -2.12. The summed E-state index contributed by atoms with van der Waals surface area (Å²) in [6.07, 6.45) is 3.36. The van der Waals surface area contributed by atoms with E-state index in [1.54, 1.807) is 6.07 Å². The molecule has 1 heterocycles. The topological polar surface area (TPSA) is 88.2 Å². The van der Waals surface area contributed by atoms with E-state index in [9.17, 15) is 10.1 Å². The third kappa shape index (κ3) is 3.42. The summed E-state index contributed by atoms with van der Waals surface area (Å²) in [5.41, 5.74) is 0.572. The van der Waals surface area contributed by atoms with Crippen molar-refractivity contribution in [1.29, 1.82) is 5.26 Å². The molecule has 0 amide bonds. The molecule has 1 N–H and O–H groups in total. The Hall–Kier alpha value is -2.13. The summed E-state index contributed by atoms with van der Waals surface area (Å²) < 4.78 is 5.50. The number of nitrogens with one attached hydrogen (secondary N) is 1. The van der Waals surface area contributed by atoms with Crippen molar-refractivity contribution >= 4 is 11.4 Å². The molecular weight excluding hydrogens is 246 g/mol. The van der Waals surface area contributed by atoms with Crippen molar-refractivity contribution in [3.63, 3.8) is 0 Å². The van der Waals surface area contributed by atoms with Crippen LogP contribution in [0.2, 0.25) is 0 Å². The number of nitriles is 1. The predicted molar refractivity (Wildman–Crippen MR) is 69.9 cm³/mol. The van der Waals surface area contributed by atoms with Crippen LogP contribution >= 0.6 is 0 Å². The average molecular weight is 261 g/mol. The largest absolute Gasteiger partial charge is 0.385 e. The second-order valence-corrected chi connectivity index (χ2v) is 4.45. The fourth-order valence-corrected chi connectivity index (χ4v) is 2.14. The highest BCUT2D eigenvalue weighted by Crippen LogP contribution is 2.23. The lowest BCUT2D eigenvalue weighted by atomic mass is 10.1. The molecule has 0 aromatic heterocycles. The summed E-state index contributed by atoms with van der Waals surface area (Å²) in [6.45, 7) is 1.53. The number of ether oxygens (including phenoxy) is 1. The summed E-state index contributed by atoms with van der Waals surface area (Å²) in [5, 5.41) is 22.7. The highest BCUT2D eigenvalue weighted by atomic mass is 16.6. The molecule has 1 aliphatic heterocycles. The van der Waals surface area contributed by atoms with Crippen molar-refractivity contribution in [2.75, 3.05) is 18.5 Å². The van der Waals surface area contributed by atoms with Gasteiger partial charge in [0.15, 0.2) is 0 Å². The van der Waals surface area contributed by atoms with Gasteiger partial charge >= 0.3 is 0 Å². The van der Waals surface area contributed by atoms with Crippen molar-refractivity contribution in [3.8, 4) is 6.07 Å². The molecule has 1 aliphatic rings. The molecule has 1 saturated heterocycles. The number of rotatable bonds is 5. The van der Waals surface area contributed by atoms with Crippen LogP contribution < -0.4 is 5.32 Å². The number of nitro benzene ring substituents is 1. The maximum absolute atomic E-state index is 10.8. The molecule has 1 fully saturated rings. The number of benzene rings is 1. The van der Waals surface area contributed by atoms with Gasteiger partial charge in [0.1, 0.15) is 11.6 Å². The number of nitrogens with zero attached hydrogens (tertiary/aromatic N) is 2. The van der Waals surface area contributed by atoms with E-state index in [-0.39, 0.29) is 11.3 Å². The van der Waals surface area contributed by atoms with Crippen molar-refractivity contribution in [1.82, 2.24) is 0 Å². The predicted octanol–water partition coefficient (Wildman–Crippen LogP) is 2.45. The van der Waals surface area contributed by atoms with Crippen LogP contribution in [-0.4, -0.2) is 24.2 Å². The van der Waals surface area contributed by atoms with Crippen LogP contribution in [0.15, 0.2) is 18.2 Å². The molecule has 1 aromatic rings. The minimum Gasteiger partial charge on any atom is -0.385 e. The number of hydrogen-bond donors (Lipinski definition) is 1. The molecule has 0 aliphatic carbocycles. The molecule has 100 valence electrons. The SMILES string of the molecule is N#Cc1ccc(NCCC2CCCO2)cc1[N+](=O)[O-]. The van der Waals surface area contributed by atoms with Crippen LogP contribution in [0.1, 0.15) is 24.8 Å². The van der Waals surface area contributed by atoms with E-state index >= 15 is 0 Å². The van der Waals surface area contributed by atoms with Crippen LogP contribution in [0, 0.1) is 21.4 Å². The molecular formula is C13H15N3O3. The van der Waals surface area contributed by atoms with Gasteiger partial charge in [-0.15, -0.1) is 0 Å². The maximum Gasteiger partial charge on any atom is 0.289 e. The fraction of sp³-hybridized carbons (Fsp3) is 0.462. The smallest absolute Gasteiger partial charge is 0.289 e. The van der Waals surface area contributed by atoms with Crippen molar-refractivity contribution in [2.24, 2.45) is 0 Å². The number of anilines is 1. The lowest BCUT2D eigenvalue weighted by molar-refractivity contribution is -0.385. The minimum atomic E-state index is -0.538. The van der Waals surface area contributed by atoms with Gasteiger partial charge in [-0.25, -0.2) is 0 Å². The molecule has 0 saturated carbocycles. The zero-order valence-electron chi connectivity index (χ0n) is 10.5.